The smallest absolute Gasteiger partial charge is 0.154 e. The van der Waals surface area contributed by atoms with Crippen LogP contribution >= 0.6 is 11.8 Å². The maximum Gasteiger partial charge on any atom is 0.154 e. The maximum absolute atomic E-state index is 6.21. The van der Waals surface area contributed by atoms with Crippen LogP contribution in [0, 0.1) is 11.8 Å². The number of thioether (sulfide) groups is 1. The highest BCUT2D eigenvalue weighted by atomic mass is 32.2. The van der Waals surface area contributed by atoms with E-state index in [1.54, 1.807) is 11.8 Å². The minimum atomic E-state index is -0.248. The highest BCUT2D eigenvalue weighted by Crippen LogP contribution is 2.49. The van der Waals surface area contributed by atoms with Gasteiger partial charge in [-0.2, -0.15) is 0 Å². The Balaban J connectivity index is 1.71. The molecule has 0 aromatic heterocycles. The third kappa shape index (κ3) is 2.06. The predicted molar refractivity (Wildman–Crippen MR) is 82.8 cm³/mol. The van der Waals surface area contributed by atoms with Crippen LogP contribution in [-0.2, 0) is 10.3 Å². The fourth-order valence-corrected chi connectivity index (χ4v) is 4.56. The molecule has 2 aliphatic heterocycles. The van der Waals surface area contributed by atoms with Crippen LogP contribution in [0.1, 0.15) is 24.8 Å². The van der Waals surface area contributed by atoms with E-state index in [1.165, 1.54) is 18.4 Å². The van der Waals surface area contributed by atoms with Gasteiger partial charge in [-0.1, -0.05) is 42.1 Å². The summed E-state index contributed by atoms with van der Waals surface area (Å²) in [7, 11) is 0. The van der Waals surface area contributed by atoms with Crippen molar-refractivity contribution in [1.29, 1.82) is 0 Å². The summed E-state index contributed by atoms with van der Waals surface area (Å²) in [4.78, 5) is 4.85. The molecule has 4 rings (SSSR count). The largest absolute Gasteiger partial charge is 0.379 e. The van der Waals surface area contributed by atoms with Crippen LogP contribution in [0.3, 0.4) is 0 Å². The van der Waals surface area contributed by atoms with Gasteiger partial charge in [-0.25, -0.2) is 4.99 Å². The van der Waals surface area contributed by atoms with Gasteiger partial charge < -0.3 is 10.5 Å². The molecule has 2 N–H and O–H groups in total. The van der Waals surface area contributed by atoms with Crippen molar-refractivity contribution in [2.75, 3.05) is 12.4 Å². The molecule has 1 saturated carbocycles. The second-order valence-corrected chi connectivity index (χ2v) is 7.21. The molecule has 106 valence electrons. The lowest BCUT2D eigenvalue weighted by atomic mass is 9.74. The molecule has 3 nitrogen and oxygen atoms in total. The molecule has 2 fully saturated rings. The highest BCUT2D eigenvalue weighted by molar-refractivity contribution is 8.13. The van der Waals surface area contributed by atoms with Crippen LogP contribution < -0.4 is 5.73 Å². The second kappa shape index (κ2) is 4.78. The van der Waals surface area contributed by atoms with Crippen molar-refractivity contribution in [3.05, 3.63) is 35.9 Å². The van der Waals surface area contributed by atoms with Gasteiger partial charge in [0.15, 0.2) is 5.17 Å². The number of nitrogens with zero attached hydrogens (tertiary/aromatic N) is 1. The van der Waals surface area contributed by atoms with E-state index < -0.39 is 0 Å². The molecule has 0 amide bonds. The summed E-state index contributed by atoms with van der Waals surface area (Å²) >= 11 is 1.70. The number of benzene rings is 1. The van der Waals surface area contributed by atoms with E-state index >= 15 is 0 Å². The minimum Gasteiger partial charge on any atom is -0.379 e. The van der Waals surface area contributed by atoms with Gasteiger partial charge in [0.25, 0.3) is 0 Å². The summed E-state index contributed by atoms with van der Waals surface area (Å²) in [6, 6.07) is 10.6. The molecule has 1 saturated heterocycles. The molecular weight excluding hydrogens is 268 g/mol. The van der Waals surface area contributed by atoms with Crippen molar-refractivity contribution in [3.8, 4) is 0 Å². The van der Waals surface area contributed by atoms with Gasteiger partial charge in [-0.3, -0.25) is 0 Å². The number of fused-ring (bicyclic) bond motifs is 1. The number of rotatable bonds is 2. The van der Waals surface area contributed by atoms with E-state index in [9.17, 15) is 0 Å². The fourth-order valence-electron chi connectivity index (χ4n) is 3.55. The number of ether oxygens (including phenoxy) is 1. The summed E-state index contributed by atoms with van der Waals surface area (Å²) in [5.41, 5.74) is 7.03. The standard InChI is InChI=1S/C16H20N2OS/c17-15-18-16(12-4-2-1-3-5-12)10-19-14(11-6-7-11)8-13(16)9-20-15/h1-5,11,13-14H,6-10H2,(H2,17,18)/t13-,14+,16+/m1/s1. The maximum atomic E-state index is 6.21. The zero-order valence-electron chi connectivity index (χ0n) is 11.5. The Morgan fingerprint density at radius 2 is 2.05 bits per heavy atom. The SMILES string of the molecule is NC1=N[C@]2(c3ccccc3)CO[C@H](C3CC3)C[C@@H]2CS1. The van der Waals surface area contributed by atoms with E-state index in [2.05, 4.69) is 30.3 Å². The molecule has 20 heavy (non-hydrogen) atoms. The summed E-state index contributed by atoms with van der Waals surface area (Å²) in [6.45, 7) is 0.685. The van der Waals surface area contributed by atoms with Crippen molar-refractivity contribution in [2.45, 2.75) is 30.9 Å². The Morgan fingerprint density at radius 3 is 2.80 bits per heavy atom. The van der Waals surface area contributed by atoms with E-state index in [0.717, 1.165) is 18.1 Å². The molecule has 1 aromatic carbocycles. The number of hydrogen-bond donors (Lipinski definition) is 1. The summed E-state index contributed by atoms with van der Waals surface area (Å²) in [5, 5.41) is 0.707. The average molecular weight is 288 g/mol. The minimum absolute atomic E-state index is 0.248. The van der Waals surface area contributed by atoms with Crippen molar-refractivity contribution >= 4 is 16.9 Å². The molecular formula is C16H20N2OS. The first-order valence-electron chi connectivity index (χ1n) is 7.43. The first kappa shape index (κ1) is 12.7. The second-order valence-electron chi connectivity index (χ2n) is 6.17. The molecule has 3 atom stereocenters. The molecule has 0 bridgehead atoms. The van der Waals surface area contributed by atoms with E-state index in [1.807, 2.05) is 0 Å². The Morgan fingerprint density at radius 1 is 1.25 bits per heavy atom. The van der Waals surface area contributed by atoms with Gasteiger partial charge >= 0.3 is 0 Å². The van der Waals surface area contributed by atoms with Crippen LogP contribution in [-0.4, -0.2) is 23.6 Å². The van der Waals surface area contributed by atoms with E-state index in [-0.39, 0.29) is 5.54 Å². The average Bonchev–Trinajstić information content (AvgIpc) is 3.32. The van der Waals surface area contributed by atoms with Gasteiger partial charge in [-0.15, -0.1) is 0 Å². The Bertz CT molecular complexity index is 529. The van der Waals surface area contributed by atoms with E-state index in [4.69, 9.17) is 15.5 Å². The monoisotopic (exact) mass is 288 g/mol. The summed E-state index contributed by atoms with van der Waals surface area (Å²) in [6.07, 6.45) is 4.26. The van der Waals surface area contributed by atoms with Crippen molar-refractivity contribution in [1.82, 2.24) is 0 Å². The quantitative estimate of drug-likeness (QED) is 0.910. The van der Waals surface area contributed by atoms with Crippen LogP contribution in [0.5, 0.6) is 0 Å². The number of aliphatic imine (C=N–C) groups is 1. The van der Waals surface area contributed by atoms with Crippen molar-refractivity contribution < 1.29 is 4.74 Å². The summed E-state index contributed by atoms with van der Waals surface area (Å²) in [5.74, 6) is 2.41. The van der Waals surface area contributed by atoms with Gasteiger partial charge in [0, 0.05) is 11.7 Å². The normalized spacial score (nSPS) is 37.1. The molecule has 1 aliphatic carbocycles. The predicted octanol–water partition coefficient (Wildman–Crippen LogP) is 2.76. The molecule has 4 heteroatoms. The first-order valence-corrected chi connectivity index (χ1v) is 8.42. The Kier molecular flexibility index (Phi) is 3.04. The molecule has 0 spiro atoms. The van der Waals surface area contributed by atoms with Gasteiger partial charge in [0.1, 0.15) is 5.54 Å². The Labute approximate surface area is 124 Å². The molecule has 0 radical (unpaired) electrons. The van der Waals surface area contributed by atoms with Crippen molar-refractivity contribution in [3.63, 3.8) is 0 Å². The number of amidine groups is 1. The lowest BCUT2D eigenvalue weighted by Crippen LogP contribution is -2.50. The van der Waals surface area contributed by atoms with E-state index in [0.29, 0.717) is 23.8 Å². The third-order valence-electron chi connectivity index (χ3n) is 4.87. The lowest BCUT2D eigenvalue weighted by molar-refractivity contribution is -0.0654. The zero-order valence-corrected chi connectivity index (χ0v) is 12.3. The van der Waals surface area contributed by atoms with Crippen LogP contribution in [0.15, 0.2) is 35.3 Å². The Hall–Kier alpha value is -1.00. The lowest BCUT2D eigenvalue weighted by Gasteiger charge is -2.46. The summed E-state index contributed by atoms with van der Waals surface area (Å²) < 4.78 is 6.21. The number of hydrogen-bond acceptors (Lipinski definition) is 4. The first-order chi connectivity index (χ1) is 9.78. The van der Waals surface area contributed by atoms with Crippen LogP contribution in [0.2, 0.25) is 0 Å². The highest BCUT2D eigenvalue weighted by Gasteiger charge is 2.50. The topological polar surface area (TPSA) is 47.6 Å². The molecule has 3 aliphatic rings. The van der Waals surface area contributed by atoms with Gasteiger partial charge in [0.05, 0.1) is 12.7 Å². The van der Waals surface area contributed by atoms with Crippen molar-refractivity contribution in [2.24, 2.45) is 22.6 Å². The third-order valence-corrected chi connectivity index (χ3v) is 5.83. The molecule has 0 unspecified atom stereocenters. The van der Waals surface area contributed by atoms with Gasteiger partial charge in [-0.05, 0) is 30.7 Å². The van der Waals surface area contributed by atoms with Crippen LogP contribution in [0.25, 0.3) is 0 Å². The number of nitrogens with two attached hydrogens (primary N) is 1. The van der Waals surface area contributed by atoms with Crippen LogP contribution in [0.4, 0.5) is 0 Å². The van der Waals surface area contributed by atoms with Gasteiger partial charge in [0.2, 0.25) is 0 Å². The zero-order chi connectivity index (χ0) is 13.6. The molecule has 2 heterocycles. The molecule has 1 aromatic rings. The fraction of sp³-hybridized carbons (Fsp3) is 0.562.